The molecule has 0 aliphatic heterocycles. The van der Waals surface area contributed by atoms with E-state index in [2.05, 4.69) is 10.1 Å². The Morgan fingerprint density at radius 3 is 2.43 bits per heavy atom. The first-order valence-electron chi connectivity index (χ1n) is 9.48. The molecular formula is C20H28N2O6. The number of likely N-dealkylation sites (N-methyl/N-ethyl adjacent to an activating group) is 1. The summed E-state index contributed by atoms with van der Waals surface area (Å²) in [7, 11) is 0. The maximum atomic E-state index is 13.2. The summed E-state index contributed by atoms with van der Waals surface area (Å²) in [6, 6.07) is 9.59. The maximum absolute atomic E-state index is 13.2. The number of nitrogens with one attached hydrogen (secondary N) is 1. The van der Waals surface area contributed by atoms with E-state index in [1.807, 2.05) is 49.1 Å². The highest BCUT2D eigenvalue weighted by atomic mass is 16.7. The number of hydrogen-bond donors (Lipinski definition) is 2. The monoisotopic (exact) mass is 392 g/mol. The zero-order valence-corrected chi connectivity index (χ0v) is 16.5. The molecular weight excluding hydrogens is 364 g/mol. The number of hydrogen-bond acceptors (Lipinski definition) is 6. The van der Waals surface area contributed by atoms with Gasteiger partial charge in [-0.2, -0.15) is 0 Å². The van der Waals surface area contributed by atoms with Crippen LogP contribution in [0, 0.1) is 5.92 Å². The van der Waals surface area contributed by atoms with Crippen LogP contribution in [0.15, 0.2) is 30.3 Å². The van der Waals surface area contributed by atoms with Gasteiger partial charge in [0.1, 0.15) is 6.61 Å². The van der Waals surface area contributed by atoms with Gasteiger partial charge in [0, 0.05) is 26.6 Å². The van der Waals surface area contributed by atoms with Gasteiger partial charge in [-0.3, -0.25) is 4.79 Å². The molecule has 1 aromatic carbocycles. The molecule has 3 atom stereocenters. The molecule has 0 heterocycles. The molecule has 2 N–H and O–H groups in total. The molecule has 0 radical (unpaired) electrons. The van der Waals surface area contributed by atoms with Gasteiger partial charge in [-0.15, -0.1) is 0 Å². The lowest BCUT2D eigenvalue weighted by Crippen LogP contribution is -2.41. The lowest BCUT2D eigenvalue weighted by molar-refractivity contribution is -0.168. The van der Waals surface area contributed by atoms with Gasteiger partial charge in [0.2, 0.25) is 12.2 Å². The fourth-order valence-electron chi connectivity index (χ4n) is 3.49. The molecule has 0 bridgehead atoms. The number of aliphatic hydroxyl groups is 1. The predicted molar refractivity (Wildman–Crippen MR) is 101 cm³/mol. The highest BCUT2D eigenvalue weighted by molar-refractivity contribution is 5.92. The van der Waals surface area contributed by atoms with Crippen molar-refractivity contribution in [3.05, 3.63) is 35.9 Å². The number of aliphatic hydroxyl groups excluding tert-OH is 1. The van der Waals surface area contributed by atoms with Gasteiger partial charge < -0.3 is 24.8 Å². The lowest BCUT2D eigenvalue weighted by atomic mass is 9.91. The molecule has 2 amide bonds. The molecule has 1 aliphatic carbocycles. The second-order valence-corrected chi connectivity index (χ2v) is 6.72. The van der Waals surface area contributed by atoms with Crippen LogP contribution in [-0.2, 0) is 24.5 Å². The molecule has 0 aromatic heterocycles. The van der Waals surface area contributed by atoms with E-state index in [0.29, 0.717) is 19.5 Å². The average Bonchev–Trinajstić information content (AvgIpc) is 3.43. The number of alkyl carbamates (subject to hydrolysis) is 1. The Hall–Kier alpha value is -2.61. The van der Waals surface area contributed by atoms with Crippen LogP contribution in [-0.4, -0.2) is 60.5 Å². The van der Waals surface area contributed by atoms with E-state index in [1.165, 1.54) is 6.92 Å². The number of nitrogens with zero attached hydrogens (tertiary/aromatic N) is 1. The quantitative estimate of drug-likeness (QED) is 0.486. The Balaban J connectivity index is 2.01. The van der Waals surface area contributed by atoms with Gasteiger partial charge in [-0.05, 0) is 31.7 Å². The summed E-state index contributed by atoms with van der Waals surface area (Å²) in [6.07, 6.45) is -1.22. The molecule has 154 valence electrons. The molecule has 1 saturated carbocycles. The van der Waals surface area contributed by atoms with Crippen molar-refractivity contribution in [1.29, 1.82) is 0 Å². The van der Waals surface area contributed by atoms with Crippen LogP contribution in [0.5, 0.6) is 0 Å². The molecule has 8 nitrogen and oxygen atoms in total. The smallest absolute Gasteiger partial charge is 0.410 e. The Morgan fingerprint density at radius 1 is 1.21 bits per heavy atom. The van der Waals surface area contributed by atoms with Crippen molar-refractivity contribution in [3.63, 3.8) is 0 Å². The number of amides is 2. The van der Waals surface area contributed by atoms with Crippen molar-refractivity contribution in [1.82, 2.24) is 10.2 Å². The molecule has 2 rings (SSSR count). The minimum atomic E-state index is -1.12. The third kappa shape index (κ3) is 4.81. The minimum Gasteiger partial charge on any atom is -0.424 e. The molecule has 1 aliphatic rings. The number of esters is 1. The van der Waals surface area contributed by atoms with E-state index in [0.717, 1.165) is 5.56 Å². The van der Waals surface area contributed by atoms with Gasteiger partial charge in [-0.25, -0.2) is 9.59 Å². The maximum Gasteiger partial charge on any atom is 0.410 e. The zero-order chi connectivity index (χ0) is 20.7. The summed E-state index contributed by atoms with van der Waals surface area (Å²) in [5.41, 5.74) is 0.299. The van der Waals surface area contributed by atoms with Crippen molar-refractivity contribution < 1.29 is 29.0 Å². The molecule has 1 fully saturated rings. The summed E-state index contributed by atoms with van der Waals surface area (Å²) < 4.78 is 9.59. The molecule has 0 spiro atoms. The number of carbonyl (C=O) groups excluding carboxylic acids is 3. The molecule has 1 aromatic rings. The van der Waals surface area contributed by atoms with Crippen LogP contribution in [0.1, 0.15) is 32.8 Å². The SMILES string of the molecule is CCN(CC)C(=O)C1(c2ccccc2)CC1CNC(=O)OC(C)OC(=O)CO. The summed E-state index contributed by atoms with van der Waals surface area (Å²) in [6.45, 7) is 6.00. The summed E-state index contributed by atoms with van der Waals surface area (Å²) in [5, 5.41) is 11.3. The molecule has 0 saturated heterocycles. The first kappa shape index (κ1) is 21.7. The van der Waals surface area contributed by atoms with Gasteiger partial charge in [0.25, 0.3) is 0 Å². The van der Waals surface area contributed by atoms with Gasteiger partial charge >= 0.3 is 12.1 Å². The van der Waals surface area contributed by atoms with Crippen molar-refractivity contribution >= 4 is 18.0 Å². The van der Waals surface area contributed by atoms with E-state index in [9.17, 15) is 14.4 Å². The second kappa shape index (κ2) is 9.54. The Bertz CT molecular complexity index is 691. The molecule has 8 heteroatoms. The standard InChI is InChI=1S/C20H28N2O6/c1-4-22(5-2)18(25)20(15-9-7-6-8-10-15)11-16(20)12-21-19(26)28-14(3)27-17(24)13-23/h6-10,14,16,23H,4-5,11-13H2,1-3H3,(H,21,26). The average molecular weight is 392 g/mol. The fraction of sp³-hybridized carbons (Fsp3) is 0.550. The predicted octanol–water partition coefficient (Wildman–Crippen LogP) is 1.42. The minimum absolute atomic E-state index is 0.0501. The van der Waals surface area contributed by atoms with E-state index in [4.69, 9.17) is 9.84 Å². The zero-order valence-electron chi connectivity index (χ0n) is 16.5. The van der Waals surface area contributed by atoms with E-state index in [1.54, 1.807) is 0 Å². The van der Waals surface area contributed by atoms with Crippen LogP contribution in [0.2, 0.25) is 0 Å². The number of ether oxygens (including phenoxy) is 2. The normalized spacial score (nSPS) is 21.4. The molecule has 28 heavy (non-hydrogen) atoms. The van der Waals surface area contributed by atoms with Crippen LogP contribution < -0.4 is 5.32 Å². The van der Waals surface area contributed by atoms with Gasteiger partial charge in [0.05, 0.1) is 5.41 Å². The topological polar surface area (TPSA) is 105 Å². The highest BCUT2D eigenvalue weighted by Gasteiger charge is 2.61. The van der Waals surface area contributed by atoms with E-state index in [-0.39, 0.29) is 18.4 Å². The van der Waals surface area contributed by atoms with Gasteiger partial charge in [0.15, 0.2) is 0 Å². The summed E-state index contributed by atoms with van der Waals surface area (Å²) in [4.78, 5) is 37.9. The van der Waals surface area contributed by atoms with Crippen molar-refractivity contribution in [2.75, 3.05) is 26.2 Å². The highest BCUT2D eigenvalue weighted by Crippen LogP contribution is 2.55. The third-order valence-electron chi connectivity index (χ3n) is 5.02. The number of benzene rings is 1. The summed E-state index contributed by atoms with van der Waals surface area (Å²) >= 11 is 0. The van der Waals surface area contributed by atoms with Crippen molar-refractivity contribution in [2.24, 2.45) is 5.92 Å². The van der Waals surface area contributed by atoms with Crippen LogP contribution >= 0.6 is 0 Å². The second-order valence-electron chi connectivity index (χ2n) is 6.72. The first-order valence-corrected chi connectivity index (χ1v) is 9.48. The Kier molecular flexibility index (Phi) is 7.39. The lowest BCUT2D eigenvalue weighted by Gasteiger charge is -2.26. The first-order chi connectivity index (χ1) is 13.4. The number of carbonyl (C=O) groups is 3. The summed E-state index contributed by atoms with van der Waals surface area (Å²) in [5.74, 6) is -0.865. The molecule has 3 unspecified atom stereocenters. The Labute approximate surface area is 164 Å². The van der Waals surface area contributed by atoms with Crippen LogP contribution in [0.3, 0.4) is 0 Å². The Morgan fingerprint density at radius 2 is 1.86 bits per heavy atom. The van der Waals surface area contributed by atoms with Crippen molar-refractivity contribution in [3.8, 4) is 0 Å². The largest absolute Gasteiger partial charge is 0.424 e. The number of rotatable bonds is 9. The fourth-order valence-corrected chi connectivity index (χ4v) is 3.49. The van der Waals surface area contributed by atoms with Crippen LogP contribution in [0.25, 0.3) is 0 Å². The van der Waals surface area contributed by atoms with E-state index < -0.39 is 30.4 Å². The van der Waals surface area contributed by atoms with Crippen LogP contribution in [0.4, 0.5) is 4.79 Å². The third-order valence-corrected chi connectivity index (χ3v) is 5.02. The van der Waals surface area contributed by atoms with E-state index >= 15 is 0 Å². The van der Waals surface area contributed by atoms with Crippen molar-refractivity contribution in [2.45, 2.75) is 38.9 Å². The van der Waals surface area contributed by atoms with Gasteiger partial charge in [-0.1, -0.05) is 30.3 Å².